The van der Waals surface area contributed by atoms with E-state index in [0.29, 0.717) is 0 Å². The first-order valence-corrected chi connectivity index (χ1v) is 18.3. The van der Waals surface area contributed by atoms with E-state index < -0.39 is 0 Å². The largest absolute Gasteiger partial charge is 0.310 e. The summed E-state index contributed by atoms with van der Waals surface area (Å²) < 4.78 is 0. The van der Waals surface area contributed by atoms with Gasteiger partial charge in [0.05, 0.1) is 5.69 Å². The standard InChI is InChI=1S/C52H35N/c1-2-13-38(14-3-1)46-32-33-52(50-21-11-10-19-48(46)50)53(43-28-24-37(25-29-43)41-23-22-36-12-4-5-15-40(36)34-41)44-30-26-39(27-31-44)51-35-42-16-6-7-17-45(42)47-18-8-9-20-49(47)51/h1-35H. The summed E-state index contributed by atoms with van der Waals surface area (Å²) in [6, 6.07) is 77.2. The number of hydrogen-bond donors (Lipinski definition) is 0. The quantitative estimate of drug-likeness (QED) is 0.159. The van der Waals surface area contributed by atoms with Crippen LogP contribution < -0.4 is 4.90 Å². The summed E-state index contributed by atoms with van der Waals surface area (Å²) in [5.74, 6) is 0. The van der Waals surface area contributed by atoms with Gasteiger partial charge in [0.15, 0.2) is 0 Å². The van der Waals surface area contributed by atoms with Crippen molar-refractivity contribution < 1.29 is 0 Å². The lowest BCUT2D eigenvalue weighted by Gasteiger charge is -2.28. The molecule has 0 saturated carbocycles. The van der Waals surface area contributed by atoms with Gasteiger partial charge in [0.1, 0.15) is 0 Å². The van der Waals surface area contributed by atoms with Crippen LogP contribution in [-0.2, 0) is 0 Å². The normalized spacial score (nSPS) is 11.4. The Morgan fingerprint density at radius 3 is 1.47 bits per heavy atom. The molecule has 0 radical (unpaired) electrons. The highest BCUT2D eigenvalue weighted by molar-refractivity contribution is 6.14. The fourth-order valence-electron chi connectivity index (χ4n) is 8.03. The van der Waals surface area contributed by atoms with Crippen molar-refractivity contribution in [1.29, 1.82) is 0 Å². The predicted octanol–water partition coefficient (Wildman–Crippen LogP) is 14.8. The third-order valence-corrected chi connectivity index (χ3v) is 10.6. The zero-order valence-corrected chi connectivity index (χ0v) is 29.2. The van der Waals surface area contributed by atoms with Crippen LogP contribution in [0.25, 0.3) is 76.5 Å². The van der Waals surface area contributed by atoms with Gasteiger partial charge in [0.25, 0.3) is 0 Å². The van der Waals surface area contributed by atoms with Crippen LogP contribution in [0.4, 0.5) is 17.1 Å². The molecular weight excluding hydrogens is 639 g/mol. The fraction of sp³-hybridized carbons (Fsp3) is 0. The van der Waals surface area contributed by atoms with Gasteiger partial charge in [0, 0.05) is 16.8 Å². The van der Waals surface area contributed by atoms with Gasteiger partial charge in [-0.05, 0) is 114 Å². The van der Waals surface area contributed by atoms with Crippen LogP contribution in [0.5, 0.6) is 0 Å². The molecule has 1 nitrogen and oxygen atoms in total. The lowest BCUT2D eigenvalue weighted by atomic mass is 9.93. The Labute approximate surface area is 309 Å². The van der Waals surface area contributed by atoms with Crippen LogP contribution in [0.1, 0.15) is 0 Å². The van der Waals surface area contributed by atoms with E-state index in [1.165, 1.54) is 76.5 Å². The van der Waals surface area contributed by atoms with Gasteiger partial charge < -0.3 is 4.90 Å². The second kappa shape index (κ2) is 13.0. The third-order valence-electron chi connectivity index (χ3n) is 10.6. The van der Waals surface area contributed by atoms with Crippen molar-refractivity contribution in [3.63, 3.8) is 0 Å². The minimum Gasteiger partial charge on any atom is -0.310 e. The first-order chi connectivity index (χ1) is 26.3. The van der Waals surface area contributed by atoms with E-state index in [2.05, 4.69) is 217 Å². The molecule has 0 atom stereocenters. The van der Waals surface area contributed by atoms with Gasteiger partial charge >= 0.3 is 0 Å². The second-order valence-corrected chi connectivity index (χ2v) is 13.7. The molecule has 0 aliphatic heterocycles. The highest BCUT2D eigenvalue weighted by Crippen LogP contribution is 2.43. The molecule has 0 fully saturated rings. The molecule has 0 unspecified atom stereocenters. The molecule has 0 bridgehead atoms. The van der Waals surface area contributed by atoms with Crippen molar-refractivity contribution in [2.24, 2.45) is 0 Å². The van der Waals surface area contributed by atoms with Crippen molar-refractivity contribution in [1.82, 2.24) is 0 Å². The summed E-state index contributed by atoms with van der Waals surface area (Å²) in [7, 11) is 0. The zero-order valence-electron chi connectivity index (χ0n) is 29.2. The first kappa shape index (κ1) is 30.8. The van der Waals surface area contributed by atoms with Crippen LogP contribution in [0.15, 0.2) is 212 Å². The monoisotopic (exact) mass is 673 g/mol. The maximum Gasteiger partial charge on any atom is 0.0540 e. The molecule has 0 heterocycles. The lowest BCUT2D eigenvalue weighted by molar-refractivity contribution is 1.30. The average molecular weight is 674 g/mol. The number of rotatable bonds is 6. The van der Waals surface area contributed by atoms with Crippen LogP contribution >= 0.6 is 0 Å². The number of benzene rings is 10. The van der Waals surface area contributed by atoms with Crippen LogP contribution in [-0.4, -0.2) is 0 Å². The molecule has 248 valence electrons. The van der Waals surface area contributed by atoms with E-state index in [4.69, 9.17) is 0 Å². The fourth-order valence-corrected chi connectivity index (χ4v) is 8.03. The molecule has 10 rings (SSSR count). The Bertz CT molecular complexity index is 2920. The molecular formula is C52H35N. The molecule has 1 heteroatoms. The maximum absolute atomic E-state index is 2.41. The Balaban J connectivity index is 1.12. The van der Waals surface area contributed by atoms with Crippen LogP contribution in [0, 0.1) is 0 Å². The molecule has 0 aromatic heterocycles. The maximum atomic E-state index is 2.41. The van der Waals surface area contributed by atoms with E-state index in [1.807, 2.05) is 0 Å². The Kier molecular flexibility index (Phi) is 7.55. The molecule has 0 N–H and O–H groups in total. The molecule has 0 amide bonds. The second-order valence-electron chi connectivity index (χ2n) is 13.7. The van der Waals surface area contributed by atoms with Gasteiger partial charge in [-0.25, -0.2) is 0 Å². The molecule has 10 aromatic rings. The van der Waals surface area contributed by atoms with Crippen molar-refractivity contribution in [2.75, 3.05) is 4.90 Å². The minimum atomic E-state index is 1.11. The van der Waals surface area contributed by atoms with Gasteiger partial charge in [0.2, 0.25) is 0 Å². The summed E-state index contributed by atoms with van der Waals surface area (Å²) in [5.41, 5.74) is 10.7. The summed E-state index contributed by atoms with van der Waals surface area (Å²) in [4.78, 5) is 2.41. The number of hydrogen-bond acceptors (Lipinski definition) is 1. The van der Waals surface area contributed by atoms with Crippen molar-refractivity contribution >= 4 is 60.2 Å². The Morgan fingerprint density at radius 2 is 0.755 bits per heavy atom. The first-order valence-electron chi connectivity index (χ1n) is 18.3. The number of nitrogens with zero attached hydrogens (tertiary/aromatic N) is 1. The van der Waals surface area contributed by atoms with E-state index >= 15 is 0 Å². The van der Waals surface area contributed by atoms with Gasteiger partial charge in [-0.15, -0.1) is 0 Å². The molecule has 0 aliphatic carbocycles. The van der Waals surface area contributed by atoms with Gasteiger partial charge in [-0.1, -0.05) is 170 Å². The Morgan fingerprint density at radius 1 is 0.245 bits per heavy atom. The third kappa shape index (κ3) is 5.51. The average Bonchev–Trinajstić information content (AvgIpc) is 3.24. The van der Waals surface area contributed by atoms with Crippen molar-refractivity contribution in [2.45, 2.75) is 0 Å². The minimum absolute atomic E-state index is 1.11. The van der Waals surface area contributed by atoms with Crippen LogP contribution in [0.2, 0.25) is 0 Å². The Hall–Kier alpha value is -6.96. The highest BCUT2D eigenvalue weighted by Gasteiger charge is 2.18. The molecule has 0 spiro atoms. The van der Waals surface area contributed by atoms with E-state index in [-0.39, 0.29) is 0 Å². The molecule has 53 heavy (non-hydrogen) atoms. The van der Waals surface area contributed by atoms with E-state index in [1.54, 1.807) is 0 Å². The highest BCUT2D eigenvalue weighted by atomic mass is 15.1. The summed E-state index contributed by atoms with van der Waals surface area (Å²) in [6.45, 7) is 0. The van der Waals surface area contributed by atoms with Gasteiger partial charge in [-0.3, -0.25) is 0 Å². The predicted molar refractivity (Wildman–Crippen MR) is 227 cm³/mol. The summed E-state index contributed by atoms with van der Waals surface area (Å²) >= 11 is 0. The zero-order chi connectivity index (χ0) is 35.1. The summed E-state index contributed by atoms with van der Waals surface area (Å²) in [5, 5.41) is 10.0. The van der Waals surface area contributed by atoms with Crippen molar-refractivity contribution in [3.8, 4) is 33.4 Å². The number of anilines is 3. The number of fused-ring (bicyclic) bond motifs is 5. The molecule has 0 saturated heterocycles. The van der Waals surface area contributed by atoms with Crippen LogP contribution in [0.3, 0.4) is 0 Å². The topological polar surface area (TPSA) is 3.24 Å². The SMILES string of the molecule is c1ccc(-c2ccc(N(c3ccc(-c4ccc5ccccc5c4)cc3)c3ccc(-c4cc5ccccc5c5ccccc45)cc3)c3ccccc23)cc1. The molecule has 10 aromatic carbocycles. The van der Waals surface area contributed by atoms with Gasteiger partial charge in [-0.2, -0.15) is 0 Å². The van der Waals surface area contributed by atoms with Crippen molar-refractivity contribution in [3.05, 3.63) is 212 Å². The van der Waals surface area contributed by atoms with E-state index in [9.17, 15) is 0 Å². The summed E-state index contributed by atoms with van der Waals surface area (Å²) in [6.07, 6.45) is 0. The molecule has 0 aliphatic rings. The lowest BCUT2D eigenvalue weighted by Crippen LogP contribution is -2.10. The smallest absolute Gasteiger partial charge is 0.0540 e. The van der Waals surface area contributed by atoms with E-state index in [0.717, 1.165) is 17.1 Å².